The van der Waals surface area contributed by atoms with E-state index in [1.807, 2.05) is 13.0 Å². The van der Waals surface area contributed by atoms with Gasteiger partial charge in [-0.15, -0.1) is 0 Å². The molecule has 1 aliphatic carbocycles. The molecule has 98 valence electrons. The molecule has 0 aliphatic heterocycles. The van der Waals surface area contributed by atoms with E-state index in [-0.39, 0.29) is 11.8 Å². The van der Waals surface area contributed by atoms with Crippen LogP contribution in [0.2, 0.25) is 0 Å². The first-order chi connectivity index (χ1) is 8.70. The second kappa shape index (κ2) is 6.03. The maximum Gasteiger partial charge on any atom is 0.306 e. The molecule has 1 aliphatic rings. The molecule has 2 rings (SSSR count). The standard InChI is InChI=1S/C16H22O2/c1-12(16(17)18)14-10-6-3-7-11-15(14)13-8-4-2-5-9-13/h2,4-5,8-9,12,14-15H,3,6-7,10-11H2,1H3,(H,17,18). The second-order valence-electron chi connectivity index (χ2n) is 5.45. The summed E-state index contributed by atoms with van der Waals surface area (Å²) in [6.07, 6.45) is 5.82. The zero-order chi connectivity index (χ0) is 13.0. The van der Waals surface area contributed by atoms with Crippen molar-refractivity contribution < 1.29 is 9.90 Å². The molecule has 0 spiro atoms. The smallest absolute Gasteiger partial charge is 0.306 e. The molecule has 1 aromatic rings. The van der Waals surface area contributed by atoms with E-state index in [9.17, 15) is 9.90 Å². The lowest BCUT2D eigenvalue weighted by molar-refractivity contribution is -0.143. The number of hydrogen-bond acceptors (Lipinski definition) is 1. The summed E-state index contributed by atoms with van der Waals surface area (Å²) in [6, 6.07) is 10.4. The van der Waals surface area contributed by atoms with Crippen LogP contribution in [0, 0.1) is 11.8 Å². The minimum atomic E-state index is -0.650. The summed E-state index contributed by atoms with van der Waals surface area (Å²) in [5.74, 6) is -0.191. The number of carboxylic acid groups (broad SMARTS) is 1. The molecule has 3 atom stereocenters. The first kappa shape index (κ1) is 13.1. The average molecular weight is 246 g/mol. The Morgan fingerprint density at radius 2 is 1.83 bits per heavy atom. The van der Waals surface area contributed by atoms with E-state index in [2.05, 4.69) is 24.3 Å². The van der Waals surface area contributed by atoms with E-state index in [1.54, 1.807) is 0 Å². The van der Waals surface area contributed by atoms with Crippen molar-refractivity contribution >= 4 is 5.97 Å². The quantitative estimate of drug-likeness (QED) is 0.816. The molecule has 0 heterocycles. The van der Waals surface area contributed by atoms with Crippen LogP contribution in [0.3, 0.4) is 0 Å². The summed E-state index contributed by atoms with van der Waals surface area (Å²) in [6.45, 7) is 1.87. The zero-order valence-electron chi connectivity index (χ0n) is 11.0. The van der Waals surface area contributed by atoms with Gasteiger partial charge in [-0.05, 0) is 30.2 Å². The van der Waals surface area contributed by atoms with Crippen LogP contribution in [-0.4, -0.2) is 11.1 Å². The topological polar surface area (TPSA) is 37.3 Å². The molecule has 0 saturated heterocycles. The third-order valence-electron chi connectivity index (χ3n) is 4.33. The number of carboxylic acids is 1. The third-order valence-corrected chi connectivity index (χ3v) is 4.33. The molecule has 3 unspecified atom stereocenters. The second-order valence-corrected chi connectivity index (χ2v) is 5.45. The number of hydrogen-bond donors (Lipinski definition) is 1. The Labute approximate surface area is 109 Å². The SMILES string of the molecule is CC(C(=O)O)C1CCCCCC1c1ccccc1. The van der Waals surface area contributed by atoms with Crippen molar-refractivity contribution in [3.8, 4) is 0 Å². The van der Waals surface area contributed by atoms with E-state index >= 15 is 0 Å². The Morgan fingerprint density at radius 1 is 1.17 bits per heavy atom. The largest absolute Gasteiger partial charge is 0.481 e. The molecule has 0 amide bonds. The molecule has 0 aromatic heterocycles. The first-order valence-electron chi connectivity index (χ1n) is 6.98. The van der Waals surface area contributed by atoms with Crippen LogP contribution in [0.25, 0.3) is 0 Å². The fraction of sp³-hybridized carbons (Fsp3) is 0.562. The lowest BCUT2D eigenvalue weighted by Gasteiger charge is -2.28. The van der Waals surface area contributed by atoms with E-state index < -0.39 is 5.97 Å². The summed E-state index contributed by atoms with van der Waals surface area (Å²) in [7, 11) is 0. The van der Waals surface area contributed by atoms with Gasteiger partial charge in [0, 0.05) is 0 Å². The maximum atomic E-state index is 11.3. The molecule has 2 heteroatoms. The predicted molar refractivity (Wildman–Crippen MR) is 72.6 cm³/mol. The number of carbonyl (C=O) groups is 1. The highest BCUT2D eigenvalue weighted by atomic mass is 16.4. The van der Waals surface area contributed by atoms with Gasteiger partial charge in [0.25, 0.3) is 0 Å². The molecule has 1 saturated carbocycles. The van der Waals surface area contributed by atoms with Crippen molar-refractivity contribution in [2.24, 2.45) is 11.8 Å². The zero-order valence-corrected chi connectivity index (χ0v) is 11.0. The van der Waals surface area contributed by atoms with E-state index in [4.69, 9.17) is 0 Å². The van der Waals surface area contributed by atoms with Gasteiger partial charge in [-0.25, -0.2) is 0 Å². The normalized spacial score (nSPS) is 26.3. The van der Waals surface area contributed by atoms with Crippen LogP contribution in [0.15, 0.2) is 30.3 Å². The molecule has 18 heavy (non-hydrogen) atoms. The summed E-state index contributed by atoms with van der Waals surface area (Å²) < 4.78 is 0. The van der Waals surface area contributed by atoms with Crippen molar-refractivity contribution in [1.82, 2.24) is 0 Å². The lowest BCUT2D eigenvalue weighted by Crippen LogP contribution is -2.25. The Hall–Kier alpha value is -1.31. The Kier molecular flexibility index (Phi) is 4.40. The highest BCUT2D eigenvalue weighted by molar-refractivity contribution is 5.70. The summed E-state index contributed by atoms with van der Waals surface area (Å²) in [4.78, 5) is 11.3. The van der Waals surface area contributed by atoms with Crippen LogP contribution in [0.1, 0.15) is 50.5 Å². The van der Waals surface area contributed by atoms with Gasteiger partial charge in [-0.3, -0.25) is 4.79 Å². The summed E-state index contributed by atoms with van der Waals surface area (Å²) >= 11 is 0. The maximum absolute atomic E-state index is 11.3. The minimum Gasteiger partial charge on any atom is -0.481 e. The van der Waals surface area contributed by atoms with Gasteiger partial charge < -0.3 is 5.11 Å². The van der Waals surface area contributed by atoms with Crippen LogP contribution < -0.4 is 0 Å². The van der Waals surface area contributed by atoms with Gasteiger partial charge in [0.1, 0.15) is 0 Å². The fourth-order valence-electron chi connectivity index (χ4n) is 3.23. The molecule has 1 aromatic carbocycles. The fourth-order valence-corrected chi connectivity index (χ4v) is 3.23. The van der Waals surface area contributed by atoms with Gasteiger partial charge in [-0.2, -0.15) is 0 Å². The highest BCUT2D eigenvalue weighted by Gasteiger charge is 2.32. The third kappa shape index (κ3) is 2.92. The molecule has 2 nitrogen and oxygen atoms in total. The van der Waals surface area contributed by atoms with Gasteiger partial charge in [0.2, 0.25) is 0 Å². The monoisotopic (exact) mass is 246 g/mol. The van der Waals surface area contributed by atoms with E-state index in [0.717, 1.165) is 12.8 Å². The minimum absolute atomic E-state index is 0.242. The van der Waals surface area contributed by atoms with Crippen molar-refractivity contribution in [3.05, 3.63) is 35.9 Å². The van der Waals surface area contributed by atoms with Gasteiger partial charge in [-0.1, -0.05) is 56.5 Å². The van der Waals surface area contributed by atoms with Gasteiger partial charge >= 0.3 is 5.97 Å². The Balaban J connectivity index is 2.25. The summed E-state index contributed by atoms with van der Waals surface area (Å²) in [5, 5.41) is 9.29. The highest BCUT2D eigenvalue weighted by Crippen LogP contribution is 2.40. The van der Waals surface area contributed by atoms with Crippen molar-refractivity contribution in [3.63, 3.8) is 0 Å². The van der Waals surface area contributed by atoms with Crippen molar-refractivity contribution in [2.75, 3.05) is 0 Å². The number of benzene rings is 1. The van der Waals surface area contributed by atoms with Crippen LogP contribution in [0.5, 0.6) is 0 Å². The predicted octanol–water partition coefficient (Wildman–Crippen LogP) is 4.07. The Morgan fingerprint density at radius 3 is 2.50 bits per heavy atom. The molecule has 0 radical (unpaired) electrons. The molecular formula is C16H22O2. The Bertz CT molecular complexity index is 385. The van der Waals surface area contributed by atoms with Crippen LogP contribution in [-0.2, 0) is 4.79 Å². The van der Waals surface area contributed by atoms with Crippen LogP contribution >= 0.6 is 0 Å². The number of rotatable bonds is 3. The molecule has 1 fully saturated rings. The van der Waals surface area contributed by atoms with Crippen LogP contribution in [0.4, 0.5) is 0 Å². The summed E-state index contributed by atoms with van der Waals surface area (Å²) in [5.41, 5.74) is 1.32. The van der Waals surface area contributed by atoms with Gasteiger partial charge in [0.05, 0.1) is 5.92 Å². The first-order valence-corrected chi connectivity index (χ1v) is 6.98. The van der Waals surface area contributed by atoms with Crippen molar-refractivity contribution in [1.29, 1.82) is 0 Å². The van der Waals surface area contributed by atoms with Gasteiger partial charge in [0.15, 0.2) is 0 Å². The average Bonchev–Trinajstić information content (AvgIpc) is 2.64. The van der Waals surface area contributed by atoms with E-state index in [0.29, 0.717) is 5.92 Å². The van der Waals surface area contributed by atoms with Crippen molar-refractivity contribution in [2.45, 2.75) is 44.9 Å². The number of aliphatic carboxylic acids is 1. The van der Waals surface area contributed by atoms with E-state index in [1.165, 1.54) is 24.8 Å². The molecule has 0 bridgehead atoms. The molecular weight excluding hydrogens is 224 g/mol. The molecule has 1 N–H and O–H groups in total. The lowest BCUT2D eigenvalue weighted by atomic mass is 9.76.